The second kappa shape index (κ2) is 5.81. The van der Waals surface area contributed by atoms with Crippen LogP contribution in [0.1, 0.15) is 28.2 Å². The molecule has 0 spiro atoms. The van der Waals surface area contributed by atoms with Crippen LogP contribution in [0.3, 0.4) is 0 Å². The zero-order valence-electron chi connectivity index (χ0n) is 10.8. The molecular formula is C13H16N4OS. The number of hydrogen-bond acceptors (Lipinski definition) is 5. The van der Waals surface area contributed by atoms with E-state index in [4.69, 9.17) is 5.84 Å². The van der Waals surface area contributed by atoms with E-state index in [9.17, 15) is 4.79 Å². The van der Waals surface area contributed by atoms with E-state index in [2.05, 4.69) is 10.4 Å². The van der Waals surface area contributed by atoms with Crippen molar-refractivity contribution in [1.29, 1.82) is 0 Å². The summed E-state index contributed by atoms with van der Waals surface area (Å²) in [4.78, 5) is 19.3. The summed E-state index contributed by atoms with van der Waals surface area (Å²) in [7, 11) is 1.78. The number of nitrogens with one attached hydrogen (secondary N) is 1. The molecule has 19 heavy (non-hydrogen) atoms. The molecule has 1 atom stereocenters. The number of nitrogens with two attached hydrogens (primary N) is 1. The van der Waals surface area contributed by atoms with Crippen LogP contribution in [0.25, 0.3) is 0 Å². The number of nitrogen functional groups attached to an aromatic ring is 1. The molecule has 2 heterocycles. The van der Waals surface area contributed by atoms with Gasteiger partial charge in [0.05, 0.1) is 17.3 Å². The second-order valence-electron chi connectivity index (χ2n) is 4.17. The van der Waals surface area contributed by atoms with E-state index in [0.717, 1.165) is 4.88 Å². The number of nitrogens with zero attached hydrogens (tertiary/aromatic N) is 2. The van der Waals surface area contributed by atoms with Gasteiger partial charge in [-0.05, 0) is 24.4 Å². The third-order valence-electron chi connectivity index (χ3n) is 3.06. The summed E-state index contributed by atoms with van der Waals surface area (Å²) < 4.78 is 0. The lowest BCUT2D eigenvalue weighted by Gasteiger charge is -2.24. The van der Waals surface area contributed by atoms with Crippen LogP contribution in [0.4, 0.5) is 5.69 Å². The first-order valence-corrected chi connectivity index (χ1v) is 6.74. The molecule has 2 aromatic rings. The highest BCUT2D eigenvalue weighted by Crippen LogP contribution is 2.25. The van der Waals surface area contributed by atoms with Crippen LogP contribution in [0.2, 0.25) is 0 Å². The molecule has 0 saturated carbocycles. The molecular weight excluding hydrogens is 260 g/mol. The summed E-state index contributed by atoms with van der Waals surface area (Å²) in [5.74, 6) is 5.30. The Kier molecular flexibility index (Phi) is 4.13. The van der Waals surface area contributed by atoms with Gasteiger partial charge >= 0.3 is 0 Å². The molecule has 6 heteroatoms. The smallest absolute Gasteiger partial charge is 0.257 e. The summed E-state index contributed by atoms with van der Waals surface area (Å²) in [5.41, 5.74) is 3.56. The van der Waals surface area contributed by atoms with E-state index < -0.39 is 0 Å². The second-order valence-corrected chi connectivity index (χ2v) is 5.15. The quantitative estimate of drug-likeness (QED) is 0.664. The van der Waals surface area contributed by atoms with Crippen molar-refractivity contribution in [3.63, 3.8) is 0 Å². The van der Waals surface area contributed by atoms with Gasteiger partial charge < -0.3 is 10.3 Å². The topological polar surface area (TPSA) is 71.2 Å². The summed E-state index contributed by atoms with van der Waals surface area (Å²) >= 11 is 1.63. The largest absolute Gasteiger partial charge is 0.334 e. The summed E-state index contributed by atoms with van der Waals surface area (Å²) in [6.45, 7) is 2.00. The number of hydrazine groups is 1. The first kappa shape index (κ1) is 13.5. The number of rotatable bonds is 4. The number of aromatic nitrogens is 1. The van der Waals surface area contributed by atoms with Crippen LogP contribution in [-0.4, -0.2) is 22.8 Å². The molecule has 2 aromatic heterocycles. The van der Waals surface area contributed by atoms with E-state index >= 15 is 0 Å². The molecule has 100 valence electrons. The third-order valence-corrected chi connectivity index (χ3v) is 4.11. The van der Waals surface area contributed by atoms with Crippen molar-refractivity contribution in [3.8, 4) is 0 Å². The van der Waals surface area contributed by atoms with Crippen LogP contribution < -0.4 is 11.3 Å². The Morgan fingerprint density at radius 3 is 2.95 bits per heavy atom. The highest BCUT2D eigenvalue weighted by atomic mass is 32.1. The number of carbonyl (C=O) groups excluding carboxylic acids is 1. The highest BCUT2D eigenvalue weighted by molar-refractivity contribution is 7.10. The molecule has 2 rings (SSSR count). The van der Waals surface area contributed by atoms with Crippen molar-refractivity contribution < 1.29 is 4.79 Å². The van der Waals surface area contributed by atoms with Gasteiger partial charge in [0.2, 0.25) is 0 Å². The maximum absolute atomic E-state index is 12.5. The van der Waals surface area contributed by atoms with E-state index in [1.807, 2.05) is 24.4 Å². The fraction of sp³-hybridized carbons (Fsp3) is 0.231. The maximum atomic E-state index is 12.5. The average molecular weight is 276 g/mol. The third kappa shape index (κ3) is 2.74. The van der Waals surface area contributed by atoms with Gasteiger partial charge in [0.15, 0.2) is 0 Å². The van der Waals surface area contributed by atoms with Crippen molar-refractivity contribution in [2.24, 2.45) is 5.84 Å². The SMILES string of the molecule is CC(c1cccs1)N(C)C(=O)c1cnccc1NN. The predicted octanol–water partition coefficient (Wildman–Crippen LogP) is 2.26. The van der Waals surface area contributed by atoms with Crippen LogP contribution in [-0.2, 0) is 0 Å². The molecule has 0 radical (unpaired) electrons. The minimum absolute atomic E-state index is 0.0123. The molecule has 0 aromatic carbocycles. The van der Waals surface area contributed by atoms with Gasteiger partial charge in [0.1, 0.15) is 0 Å². The zero-order valence-corrected chi connectivity index (χ0v) is 11.6. The molecule has 0 aliphatic carbocycles. The van der Waals surface area contributed by atoms with E-state index in [0.29, 0.717) is 11.3 Å². The lowest BCUT2D eigenvalue weighted by atomic mass is 10.1. The Hall–Kier alpha value is -1.92. The molecule has 0 aliphatic rings. The minimum atomic E-state index is -0.109. The molecule has 5 nitrogen and oxygen atoms in total. The van der Waals surface area contributed by atoms with Crippen molar-refractivity contribution >= 4 is 22.9 Å². The van der Waals surface area contributed by atoms with E-state index in [1.165, 1.54) is 6.20 Å². The van der Waals surface area contributed by atoms with Gasteiger partial charge in [-0.1, -0.05) is 6.07 Å². The van der Waals surface area contributed by atoms with E-state index in [1.54, 1.807) is 35.5 Å². The van der Waals surface area contributed by atoms with Gasteiger partial charge in [-0.15, -0.1) is 11.3 Å². The first-order valence-electron chi connectivity index (χ1n) is 5.86. The fourth-order valence-corrected chi connectivity index (χ4v) is 2.60. The Morgan fingerprint density at radius 1 is 1.53 bits per heavy atom. The highest BCUT2D eigenvalue weighted by Gasteiger charge is 2.21. The molecule has 0 fully saturated rings. The predicted molar refractivity (Wildman–Crippen MR) is 76.9 cm³/mol. The number of carbonyl (C=O) groups is 1. The summed E-state index contributed by atoms with van der Waals surface area (Å²) in [6, 6.07) is 5.69. The lowest BCUT2D eigenvalue weighted by Crippen LogP contribution is -2.30. The van der Waals surface area contributed by atoms with Gasteiger partial charge in [-0.2, -0.15) is 0 Å². The van der Waals surface area contributed by atoms with Crippen molar-refractivity contribution in [1.82, 2.24) is 9.88 Å². The number of amides is 1. The zero-order chi connectivity index (χ0) is 13.8. The summed E-state index contributed by atoms with van der Waals surface area (Å²) in [5, 5.41) is 2.00. The number of hydrogen-bond donors (Lipinski definition) is 2. The average Bonchev–Trinajstić information content (AvgIpc) is 2.99. The Labute approximate surface area is 116 Å². The summed E-state index contributed by atoms with van der Waals surface area (Å²) in [6.07, 6.45) is 3.11. The van der Waals surface area contributed by atoms with Crippen LogP contribution in [0.15, 0.2) is 36.0 Å². The Balaban J connectivity index is 2.24. The molecule has 0 aliphatic heterocycles. The normalized spacial score (nSPS) is 11.9. The minimum Gasteiger partial charge on any atom is -0.334 e. The van der Waals surface area contributed by atoms with Crippen molar-refractivity contribution in [2.75, 3.05) is 12.5 Å². The molecule has 0 bridgehead atoms. The molecule has 1 amide bonds. The monoisotopic (exact) mass is 276 g/mol. The molecule has 1 unspecified atom stereocenters. The standard InChI is InChI=1S/C13H16N4OS/c1-9(12-4-3-7-19-12)17(2)13(18)10-8-15-6-5-11(10)16-14/h3-9H,14H2,1-2H3,(H,15,16). The van der Waals surface area contributed by atoms with Gasteiger partial charge in [-0.25, -0.2) is 0 Å². The number of pyridine rings is 1. The Bertz CT molecular complexity index is 556. The van der Waals surface area contributed by atoms with Crippen LogP contribution in [0.5, 0.6) is 0 Å². The van der Waals surface area contributed by atoms with Crippen LogP contribution >= 0.6 is 11.3 Å². The van der Waals surface area contributed by atoms with Crippen molar-refractivity contribution in [2.45, 2.75) is 13.0 Å². The number of thiophene rings is 1. The maximum Gasteiger partial charge on any atom is 0.257 e. The van der Waals surface area contributed by atoms with Gasteiger partial charge in [-0.3, -0.25) is 15.6 Å². The lowest BCUT2D eigenvalue weighted by molar-refractivity contribution is 0.0745. The Morgan fingerprint density at radius 2 is 2.32 bits per heavy atom. The van der Waals surface area contributed by atoms with Crippen molar-refractivity contribution in [3.05, 3.63) is 46.4 Å². The van der Waals surface area contributed by atoms with Gasteiger partial charge in [0.25, 0.3) is 5.91 Å². The van der Waals surface area contributed by atoms with Gasteiger partial charge in [0, 0.05) is 24.3 Å². The fourth-order valence-electron chi connectivity index (χ4n) is 1.78. The molecule has 3 N–H and O–H groups in total. The van der Waals surface area contributed by atoms with Crippen LogP contribution in [0, 0.1) is 0 Å². The van der Waals surface area contributed by atoms with E-state index in [-0.39, 0.29) is 11.9 Å². The molecule has 0 saturated heterocycles. The first-order chi connectivity index (χ1) is 9.15. The number of anilines is 1.